The minimum absolute atomic E-state index is 0.0847. The Morgan fingerprint density at radius 3 is 2.57 bits per heavy atom. The molecule has 1 aromatic carbocycles. The van der Waals surface area contributed by atoms with Gasteiger partial charge in [0.1, 0.15) is 0 Å². The summed E-state index contributed by atoms with van der Waals surface area (Å²) in [5.74, 6) is -0.697. The fraction of sp³-hybridized carbons (Fsp3) is 0.500. The number of carbonyl (C=O) groups excluding carboxylic acids is 1. The van der Waals surface area contributed by atoms with Crippen LogP contribution >= 0.6 is 11.6 Å². The number of nitrogens with zero attached hydrogens (tertiary/aromatic N) is 1. The summed E-state index contributed by atoms with van der Waals surface area (Å²) in [4.78, 5) is 25.7. The molecule has 1 saturated carbocycles. The molecule has 4 nitrogen and oxygen atoms in total. The zero-order valence-corrected chi connectivity index (χ0v) is 12.6. The zero-order chi connectivity index (χ0) is 15.1. The molecule has 2 atom stereocenters. The highest BCUT2D eigenvalue weighted by Crippen LogP contribution is 2.44. The Bertz CT molecular complexity index is 597. The van der Waals surface area contributed by atoms with Gasteiger partial charge >= 0.3 is 5.97 Å². The van der Waals surface area contributed by atoms with E-state index in [-0.39, 0.29) is 11.8 Å². The molecule has 112 valence electrons. The van der Waals surface area contributed by atoms with E-state index in [1.54, 1.807) is 23.1 Å². The maximum atomic E-state index is 12.6. The van der Waals surface area contributed by atoms with Gasteiger partial charge in [-0.05, 0) is 55.4 Å². The summed E-state index contributed by atoms with van der Waals surface area (Å²) < 4.78 is 0. The fourth-order valence-electron chi connectivity index (χ4n) is 3.30. The number of likely N-dealkylation sites (tertiary alicyclic amines) is 1. The molecule has 1 N–H and O–H groups in total. The lowest BCUT2D eigenvalue weighted by Crippen LogP contribution is -2.30. The van der Waals surface area contributed by atoms with E-state index in [0.717, 1.165) is 18.4 Å². The first kappa shape index (κ1) is 14.4. The molecule has 0 radical (unpaired) electrons. The van der Waals surface area contributed by atoms with Gasteiger partial charge in [0.25, 0.3) is 5.91 Å². The number of benzene rings is 1. The average molecular weight is 308 g/mol. The van der Waals surface area contributed by atoms with E-state index < -0.39 is 11.9 Å². The van der Waals surface area contributed by atoms with Crippen LogP contribution in [0.25, 0.3) is 0 Å². The summed E-state index contributed by atoms with van der Waals surface area (Å²) in [6.07, 6.45) is 2.19. The normalized spacial score (nSPS) is 25.1. The van der Waals surface area contributed by atoms with E-state index in [1.165, 1.54) is 0 Å². The van der Waals surface area contributed by atoms with Gasteiger partial charge in [-0.15, -0.1) is 0 Å². The Kier molecular flexibility index (Phi) is 3.66. The minimum Gasteiger partial charge on any atom is -0.481 e. The van der Waals surface area contributed by atoms with E-state index >= 15 is 0 Å². The lowest BCUT2D eigenvalue weighted by Gasteiger charge is -2.17. The smallest absolute Gasteiger partial charge is 0.308 e. The summed E-state index contributed by atoms with van der Waals surface area (Å²) in [7, 11) is 0. The van der Waals surface area contributed by atoms with Crippen molar-refractivity contribution >= 4 is 23.5 Å². The van der Waals surface area contributed by atoms with Crippen molar-refractivity contribution in [2.75, 3.05) is 13.1 Å². The molecule has 0 bridgehead atoms. The summed E-state index contributed by atoms with van der Waals surface area (Å²) in [5.41, 5.74) is 1.44. The first-order chi connectivity index (χ1) is 9.97. The molecule has 0 unspecified atom stereocenters. The molecule has 1 aromatic rings. The van der Waals surface area contributed by atoms with Crippen molar-refractivity contribution in [1.82, 2.24) is 4.90 Å². The molecular formula is C16H18ClNO3. The number of hydrogen-bond acceptors (Lipinski definition) is 2. The van der Waals surface area contributed by atoms with Crippen LogP contribution in [0.3, 0.4) is 0 Å². The van der Waals surface area contributed by atoms with Crippen LogP contribution in [-0.4, -0.2) is 35.0 Å². The quantitative estimate of drug-likeness (QED) is 0.934. The number of carbonyl (C=O) groups is 2. The van der Waals surface area contributed by atoms with Crippen molar-refractivity contribution in [3.8, 4) is 0 Å². The third-order valence-corrected chi connectivity index (χ3v) is 4.85. The van der Waals surface area contributed by atoms with Crippen LogP contribution in [0.1, 0.15) is 28.8 Å². The van der Waals surface area contributed by atoms with Gasteiger partial charge < -0.3 is 10.0 Å². The van der Waals surface area contributed by atoms with Crippen LogP contribution < -0.4 is 0 Å². The third kappa shape index (κ3) is 2.77. The number of carboxylic acid groups (broad SMARTS) is 1. The van der Waals surface area contributed by atoms with Crippen LogP contribution in [0.5, 0.6) is 0 Å². The number of halogens is 1. The van der Waals surface area contributed by atoms with Crippen LogP contribution in [0.4, 0.5) is 0 Å². The Morgan fingerprint density at radius 1 is 1.29 bits per heavy atom. The van der Waals surface area contributed by atoms with Gasteiger partial charge in [-0.25, -0.2) is 0 Å². The Hall–Kier alpha value is -1.55. The number of aryl methyl sites for hydroxylation is 1. The highest BCUT2D eigenvalue weighted by atomic mass is 35.5. The van der Waals surface area contributed by atoms with E-state index in [2.05, 4.69) is 0 Å². The molecule has 1 heterocycles. The van der Waals surface area contributed by atoms with Gasteiger partial charge in [0, 0.05) is 23.7 Å². The van der Waals surface area contributed by atoms with E-state index in [0.29, 0.717) is 29.6 Å². The molecule has 2 aliphatic rings. The molecule has 2 fully saturated rings. The van der Waals surface area contributed by atoms with Gasteiger partial charge in [-0.2, -0.15) is 0 Å². The first-order valence-corrected chi connectivity index (χ1v) is 7.63. The van der Waals surface area contributed by atoms with Crippen molar-refractivity contribution in [1.29, 1.82) is 0 Å². The van der Waals surface area contributed by atoms with Gasteiger partial charge in [0.05, 0.1) is 5.92 Å². The van der Waals surface area contributed by atoms with Gasteiger partial charge in [-0.3, -0.25) is 9.59 Å². The fourth-order valence-corrected chi connectivity index (χ4v) is 3.52. The number of amides is 1. The summed E-state index contributed by atoms with van der Waals surface area (Å²) in [6, 6.07) is 5.18. The molecule has 5 heteroatoms. The van der Waals surface area contributed by atoms with Crippen molar-refractivity contribution in [3.63, 3.8) is 0 Å². The Morgan fingerprint density at radius 2 is 2.00 bits per heavy atom. The van der Waals surface area contributed by atoms with Crippen LogP contribution in [0, 0.1) is 24.7 Å². The monoisotopic (exact) mass is 307 g/mol. The summed E-state index contributed by atoms with van der Waals surface area (Å²) in [6.45, 7) is 2.72. The standard InChI is InChI=1S/C16H18ClNO3/c1-9-6-11(17)4-5-12(9)15(19)18-7-13(10-2-3-10)14(8-18)16(20)21/h4-6,10,13-14H,2-3,7-8H2,1H3,(H,20,21)/t13-,14+/m1/s1. The Balaban J connectivity index is 1.80. The Labute approximate surface area is 128 Å². The minimum atomic E-state index is -0.782. The molecule has 1 saturated heterocycles. The van der Waals surface area contributed by atoms with Crippen LogP contribution in [0.2, 0.25) is 5.02 Å². The second-order valence-corrected chi connectivity index (χ2v) is 6.55. The zero-order valence-electron chi connectivity index (χ0n) is 11.9. The number of rotatable bonds is 3. The molecule has 1 amide bonds. The highest BCUT2D eigenvalue weighted by molar-refractivity contribution is 6.30. The second kappa shape index (κ2) is 5.34. The topological polar surface area (TPSA) is 57.6 Å². The van der Waals surface area contributed by atoms with Gasteiger partial charge in [0.15, 0.2) is 0 Å². The molecule has 0 aromatic heterocycles. The van der Waals surface area contributed by atoms with Crippen molar-refractivity contribution < 1.29 is 14.7 Å². The molecular weight excluding hydrogens is 290 g/mol. The first-order valence-electron chi connectivity index (χ1n) is 7.25. The molecule has 1 aliphatic carbocycles. The van der Waals surface area contributed by atoms with Crippen molar-refractivity contribution in [2.45, 2.75) is 19.8 Å². The largest absolute Gasteiger partial charge is 0.481 e. The van der Waals surface area contributed by atoms with E-state index in [4.69, 9.17) is 11.6 Å². The number of aliphatic carboxylic acids is 1. The van der Waals surface area contributed by atoms with Crippen molar-refractivity contribution in [3.05, 3.63) is 34.3 Å². The molecule has 21 heavy (non-hydrogen) atoms. The number of carboxylic acids is 1. The SMILES string of the molecule is Cc1cc(Cl)ccc1C(=O)N1C[C@H](C(=O)O)[C@@H](C2CC2)C1. The summed E-state index contributed by atoms with van der Waals surface area (Å²) in [5, 5.41) is 9.97. The summed E-state index contributed by atoms with van der Waals surface area (Å²) >= 11 is 5.92. The van der Waals surface area contributed by atoms with Gasteiger partial charge in [-0.1, -0.05) is 11.6 Å². The highest BCUT2D eigenvalue weighted by Gasteiger charge is 2.47. The predicted molar refractivity (Wildman–Crippen MR) is 79.4 cm³/mol. The maximum Gasteiger partial charge on any atom is 0.308 e. The van der Waals surface area contributed by atoms with Crippen LogP contribution in [0.15, 0.2) is 18.2 Å². The van der Waals surface area contributed by atoms with Gasteiger partial charge in [0.2, 0.25) is 0 Å². The van der Waals surface area contributed by atoms with E-state index in [9.17, 15) is 14.7 Å². The molecule has 0 spiro atoms. The van der Waals surface area contributed by atoms with Crippen molar-refractivity contribution in [2.24, 2.45) is 17.8 Å². The lowest BCUT2D eigenvalue weighted by atomic mass is 9.92. The maximum absolute atomic E-state index is 12.6. The van der Waals surface area contributed by atoms with Crippen LogP contribution in [-0.2, 0) is 4.79 Å². The predicted octanol–water partition coefficient (Wildman–Crippen LogP) is 2.83. The second-order valence-electron chi connectivity index (χ2n) is 6.12. The average Bonchev–Trinajstić information content (AvgIpc) is 3.16. The van der Waals surface area contributed by atoms with E-state index in [1.807, 2.05) is 6.92 Å². The lowest BCUT2D eigenvalue weighted by molar-refractivity contribution is -0.142. The molecule has 3 rings (SSSR count). The number of hydrogen-bond donors (Lipinski definition) is 1. The molecule has 1 aliphatic heterocycles. The third-order valence-electron chi connectivity index (χ3n) is 4.62.